The van der Waals surface area contributed by atoms with E-state index in [9.17, 15) is 9.59 Å². The van der Waals surface area contributed by atoms with Gasteiger partial charge in [-0.1, -0.05) is 59.9 Å². The molecule has 29 heavy (non-hydrogen) atoms. The zero-order chi connectivity index (χ0) is 20.6. The maximum Gasteiger partial charge on any atom is 0.320 e. The van der Waals surface area contributed by atoms with Gasteiger partial charge in [0, 0.05) is 24.5 Å². The number of hydrogen-bond donors (Lipinski definition) is 0. The van der Waals surface area contributed by atoms with Crippen molar-refractivity contribution in [1.29, 1.82) is 0 Å². The minimum absolute atomic E-state index is 0.0388. The van der Waals surface area contributed by atoms with E-state index in [1.165, 1.54) is 18.6 Å². The fourth-order valence-corrected chi connectivity index (χ4v) is 2.92. The van der Waals surface area contributed by atoms with Crippen LogP contribution in [-0.2, 0) is 20.9 Å². The number of carbonyl (C=O) groups excluding carboxylic acids is 2. The molecule has 0 fully saturated rings. The number of amides is 1. The highest BCUT2D eigenvalue weighted by Gasteiger charge is 2.34. The lowest BCUT2D eigenvalue weighted by Gasteiger charge is -2.21. The topological polar surface area (TPSA) is 64.4 Å². The third-order valence-electron chi connectivity index (χ3n) is 4.38. The number of carbonyl (C=O) groups is 2. The molecule has 1 amide bonds. The average Bonchev–Trinajstić information content (AvgIpc) is 3.29. The predicted molar refractivity (Wildman–Crippen MR) is 107 cm³/mol. The molecule has 0 aliphatic carbocycles. The Bertz CT molecular complexity index is 945. The van der Waals surface area contributed by atoms with E-state index in [0.717, 1.165) is 5.56 Å². The largest absolute Gasteiger partial charge is 0.465 e. The Morgan fingerprint density at radius 3 is 2.55 bits per heavy atom. The van der Waals surface area contributed by atoms with Crippen LogP contribution in [0.3, 0.4) is 0 Å². The molecule has 3 rings (SSSR count). The van der Waals surface area contributed by atoms with Crippen molar-refractivity contribution in [2.24, 2.45) is 5.92 Å². The number of halogens is 1. The zero-order valence-electron chi connectivity index (χ0n) is 16.1. The van der Waals surface area contributed by atoms with Crippen LogP contribution >= 0.6 is 0 Å². The maximum absolute atomic E-state index is 15.3. The summed E-state index contributed by atoms with van der Waals surface area (Å²) in [5, 5.41) is 0.0388. The average molecular weight is 395 g/mol. The molecule has 0 aliphatic rings. The van der Waals surface area contributed by atoms with E-state index in [0.29, 0.717) is 12.0 Å². The summed E-state index contributed by atoms with van der Waals surface area (Å²) in [5.74, 6) is -3.07. The minimum Gasteiger partial charge on any atom is -0.465 e. The molecule has 0 saturated carbocycles. The molecule has 0 radical (unpaired) electrons. The second kappa shape index (κ2) is 9.64. The van der Waals surface area contributed by atoms with Gasteiger partial charge in [-0.3, -0.25) is 9.59 Å². The Labute approximate surface area is 168 Å². The smallest absolute Gasteiger partial charge is 0.320 e. The lowest BCUT2D eigenvalue weighted by Crippen LogP contribution is -2.38. The van der Waals surface area contributed by atoms with Gasteiger partial charge in [0.1, 0.15) is 0 Å². The van der Waals surface area contributed by atoms with E-state index in [1.807, 2.05) is 37.3 Å². The van der Waals surface area contributed by atoms with E-state index in [4.69, 9.17) is 4.74 Å². The standard InChI is InChI=1S/C22H22FN3O3/c1-2-14-29-22(28)19(15-25-13-12-24-16-25)21(27)26(23)20-11-7-6-10-18(20)17-8-4-3-5-9-17/h3-13,16,19H,2,14-15H2,1H3/t19-/m0/s1. The molecule has 1 aromatic heterocycles. The number of para-hydroxylation sites is 1. The molecule has 0 aliphatic heterocycles. The lowest BCUT2D eigenvalue weighted by atomic mass is 10.0. The molecule has 6 nitrogen and oxygen atoms in total. The van der Waals surface area contributed by atoms with Gasteiger partial charge in [0.05, 0.1) is 18.6 Å². The number of imidazole rings is 1. The Hall–Kier alpha value is -3.48. The monoisotopic (exact) mass is 395 g/mol. The second-order valence-corrected chi connectivity index (χ2v) is 6.48. The number of esters is 1. The molecule has 1 atom stereocenters. The van der Waals surface area contributed by atoms with Crippen molar-refractivity contribution in [1.82, 2.24) is 9.55 Å². The number of benzene rings is 2. The third-order valence-corrected chi connectivity index (χ3v) is 4.38. The van der Waals surface area contributed by atoms with E-state index >= 15 is 4.48 Å². The van der Waals surface area contributed by atoms with Crippen molar-refractivity contribution in [3.63, 3.8) is 0 Å². The summed E-state index contributed by atoms with van der Waals surface area (Å²) >= 11 is 0. The Kier molecular flexibility index (Phi) is 6.73. The van der Waals surface area contributed by atoms with Crippen molar-refractivity contribution in [2.75, 3.05) is 11.7 Å². The third kappa shape index (κ3) is 4.87. The summed E-state index contributed by atoms with van der Waals surface area (Å²) in [5.41, 5.74) is 1.38. The highest BCUT2D eigenvalue weighted by Crippen LogP contribution is 2.32. The van der Waals surface area contributed by atoms with Gasteiger partial charge in [0.15, 0.2) is 5.92 Å². The Balaban J connectivity index is 1.90. The molecule has 0 saturated heterocycles. The van der Waals surface area contributed by atoms with Crippen LogP contribution in [0.15, 0.2) is 73.3 Å². The van der Waals surface area contributed by atoms with E-state index in [2.05, 4.69) is 4.98 Å². The number of ether oxygens (including phenoxy) is 1. The van der Waals surface area contributed by atoms with Gasteiger partial charge in [-0.2, -0.15) is 0 Å². The first-order chi connectivity index (χ1) is 14.1. The van der Waals surface area contributed by atoms with E-state index < -0.39 is 17.8 Å². The Morgan fingerprint density at radius 2 is 1.86 bits per heavy atom. The van der Waals surface area contributed by atoms with Crippen LogP contribution in [0.5, 0.6) is 0 Å². The van der Waals surface area contributed by atoms with Gasteiger partial charge in [-0.15, -0.1) is 5.12 Å². The molecule has 2 aromatic carbocycles. The summed E-state index contributed by atoms with van der Waals surface area (Å²) in [7, 11) is 0. The van der Waals surface area contributed by atoms with Gasteiger partial charge in [-0.25, -0.2) is 4.98 Å². The van der Waals surface area contributed by atoms with Crippen LogP contribution in [-0.4, -0.2) is 28.0 Å². The fourth-order valence-electron chi connectivity index (χ4n) is 2.92. The Morgan fingerprint density at radius 1 is 1.14 bits per heavy atom. The molecule has 1 heterocycles. The number of nitrogens with zero attached hydrogens (tertiary/aromatic N) is 3. The first-order valence-electron chi connectivity index (χ1n) is 9.38. The van der Waals surface area contributed by atoms with Crippen LogP contribution in [0.4, 0.5) is 10.2 Å². The molecule has 0 bridgehead atoms. The number of hydrogen-bond acceptors (Lipinski definition) is 4. The first-order valence-corrected chi connectivity index (χ1v) is 9.38. The molecule has 7 heteroatoms. The van der Waals surface area contributed by atoms with Crippen molar-refractivity contribution in [3.05, 3.63) is 73.3 Å². The summed E-state index contributed by atoms with van der Waals surface area (Å²) in [6, 6.07) is 15.8. The quantitative estimate of drug-likeness (QED) is 0.328. The molecule has 0 spiro atoms. The van der Waals surface area contributed by atoms with Gasteiger partial charge in [0.25, 0.3) is 5.91 Å². The van der Waals surface area contributed by atoms with Crippen LogP contribution in [0, 0.1) is 5.92 Å². The number of rotatable bonds is 8. The second-order valence-electron chi connectivity index (χ2n) is 6.48. The van der Waals surface area contributed by atoms with Gasteiger partial charge in [-0.05, 0) is 18.1 Å². The summed E-state index contributed by atoms with van der Waals surface area (Å²) in [4.78, 5) is 29.4. The van der Waals surface area contributed by atoms with E-state index in [-0.39, 0.29) is 24.0 Å². The summed E-state index contributed by atoms with van der Waals surface area (Å²) in [6.45, 7) is 1.95. The molecule has 3 aromatic rings. The van der Waals surface area contributed by atoms with E-state index in [1.54, 1.807) is 29.0 Å². The fraction of sp³-hybridized carbons (Fsp3) is 0.227. The zero-order valence-corrected chi connectivity index (χ0v) is 16.1. The maximum atomic E-state index is 15.3. The molecule has 150 valence electrons. The van der Waals surface area contributed by atoms with Crippen molar-refractivity contribution in [3.8, 4) is 11.1 Å². The van der Waals surface area contributed by atoms with Gasteiger partial charge >= 0.3 is 5.97 Å². The van der Waals surface area contributed by atoms with Crippen molar-refractivity contribution in [2.45, 2.75) is 19.9 Å². The van der Waals surface area contributed by atoms with Crippen molar-refractivity contribution < 1.29 is 18.8 Å². The summed E-state index contributed by atoms with van der Waals surface area (Å²) in [6.07, 6.45) is 5.20. The normalized spacial score (nSPS) is 11.7. The molecule has 0 unspecified atom stereocenters. The van der Waals surface area contributed by atoms with Crippen LogP contribution in [0.1, 0.15) is 13.3 Å². The van der Waals surface area contributed by atoms with Crippen LogP contribution in [0.25, 0.3) is 11.1 Å². The predicted octanol–water partition coefficient (Wildman–Crippen LogP) is 4.04. The van der Waals surface area contributed by atoms with Crippen LogP contribution in [0.2, 0.25) is 0 Å². The highest BCUT2D eigenvalue weighted by molar-refractivity contribution is 6.06. The van der Waals surface area contributed by atoms with Crippen LogP contribution < -0.4 is 5.12 Å². The highest BCUT2D eigenvalue weighted by atomic mass is 19.2. The molecule has 0 N–H and O–H groups in total. The SMILES string of the molecule is CCCOC(=O)[C@@H](Cn1ccnc1)C(=O)N(F)c1ccccc1-c1ccccc1. The van der Waals surface area contributed by atoms with Gasteiger partial charge in [0.2, 0.25) is 0 Å². The van der Waals surface area contributed by atoms with Gasteiger partial charge < -0.3 is 9.30 Å². The molecular formula is C22H22FN3O3. The summed E-state index contributed by atoms with van der Waals surface area (Å²) < 4.78 is 22.0. The first kappa shape index (κ1) is 20.3. The minimum atomic E-state index is -1.33. The lowest BCUT2D eigenvalue weighted by molar-refractivity contribution is -0.153. The van der Waals surface area contributed by atoms with Crippen molar-refractivity contribution >= 4 is 17.6 Å². The molecular weight excluding hydrogens is 373 g/mol. The number of anilines is 1. The number of aromatic nitrogens is 2.